The zero-order chi connectivity index (χ0) is 28.6. The molecule has 0 fully saturated rings. The Bertz CT molecular complexity index is 1930. The van der Waals surface area contributed by atoms with Crippen molar-refractivity contribution in [3.05, 3.63) is 124 Å². The van der Waals surface area contributed by atoms with Crippen molar-refractivity contribution in [2.75, 3.05) is 7.11 Å². The van der Waals surface area contributed by atoms with Crippen LogP contribution in [0.4, 0.5) is 0 Å². The SMILES string of the molecule is COc1ccc(C2c3c(C)nn(-c4cccc(Cl)c4)c3Oc3ncn4nc(CO/N=C/c5ccccc5)nc4c32)cc1. The van der Waals surface area contributed by atoms with Crippen LogP contribution in [0, 0.1) is 6.92 Å². The summed E-state index contributed by atoms with van der Waals surface area (Å²) in [5, 5.41) is 14.1. The Hall–Kier alpha value is -5.22. The van der Waals surface area contributed by atoms with Crippen molar-refractivity contribution in [2.45, 2.75) is 19.4 Å². The van der Waals surface area contributed by atoms with Gasteiger partial charge in [0, 0.05) is 5.02 Å². The van der Waals surface area contributed by atoms with E-state index in [1.807, 2.05) is 85.8 Å². The van der Waals surface area contributed by atoms with Crippen LogP contribution in [-0.4, -0.2) is 42.7 Å². The summed E-state index contributed by atoms with van der Waals surface area (Å²) >= 11 is 6.32. The number of rotatable bonds is 7. The number of ether oxygens (including phenoxy) is 2. The standard InChI is InChI=1S/C31H24ClN7O3/c1-19-26-27(21-11-13-24(40-2)14-12-21)28-29-35-25(17-41-34-16-20-7-4-3-5-8-20)37-38(29)18-33-30(28)42-31(26)39(36-19)23-10-6-9-22(32)15-23/h3-16,18,27H,17H2,1-2H3/b34-16+. The van der Waals surface area contributed by atoms with Crippen LogP contribution in [0.3, 0.4) is 0 Å². The van der Waals surface area contributed by atoms with Gasteiger partial charge in [-0.05, 0) is 48.4 Å². The van der Waals surface area contributed by atoms with E-state index in [0.29, 0.717) is 28.3 Å². The summed E-state index contributed by atoms with van der Waals surface area (Å²) in [5.74, 6) is 1.90. The summed E-state index contributed by atoms with van der Waals surface area (Å²) in [6, 6.07) is 25.1. The minimum Gasteiger partial charge on any atom is -0.497 e. The number of hydrogen-bond donors (Lipinski definition) is 0. The second-order valence-electron chi connectivity index (χ2n) is 9.68. The second kappa shape index (κ2) is 10.6. The highest BCUT2D eigenvalue weighted by Crippen LogP contribution is 2.49. The number of benzene rings is 3. The van der Waals surface area contributed by atoms with E-state index in [2.05, 4.69) is 15.2 Å². The molecule has 0 saturated carbocycles. The summed E-state index contributed by atoms with van der Waals surface area (Å²) in [7, 11) is 1.65. The summed E-state index contributed by atoms with van der Waals surface area (Å²) in [6.07, 6.45) is 3.23. The number of aromatic nitrogens is 6. The van der Waals surface area contributed by atoms with Crippen molar-refractivity contribution in [2.24, 2.45) is 5.16 Å². The monoisotopic (exact) mass is 577 g/mol. The van der Waals surface area contributed by atoms with Gasteiger partial charge < -0.3 is 14.3 Å². The molecule has 0 saturated heterocycles. The number of halogens is 1. The van der Waals surface area contributed by atoms with Gasteiger partial charge >= 0.3 is 0 Å². The first-order valence-electron chi connectivity index (χ1n) is 13.2. The predicted molar refractivity (Wildman–Crippen MR) is 157 cm³/mol. The fraction of sp³-hybridized carbons (Fsp3) is 0.129. The Labute approximate surface area is 245 Å². The molecule has 3 aromatic carbocycles. The summed E-state index contributed by atoms with van der Waals surface area (Å²) < 4.78 is 15.3. The van der Waals surface area contributed by atoms with E-state index in [4.69, 9.17) is 36.0 Å². The van der Waals surface area contributed by atoms with Crippen LogP contribution >= 0.6 is 11.6 Å². The van der Waals surface area contributed by atoms with Gasteiger partial charge in [-0.25, -0.2) is 19.2 Å². The van der Waals surface area contributed by atoms with Crippen LogP contribution in [0.2, 0.25) is 5.02 Å². The number of aryl methyl sites for hydroxylation is 1. The number of nitrogens with zero attached hydrogens (tertiary/aromatic N) is 7. The fourth-order valence-electron chi connectivity index (χ4n) is 5.13. The molecule has 1 unspecified atom stereocenters. The van der Waals surface area contributed by atoms with Crippen molar-refractivity contribution in [3.8, 4) is 23.2 Å². The van der Waals surface area contributed by atoms with Gasteiger partial charge in [0.15, 0.2) is 18.1 Å². The van der Waals surface area contributed by atoms with E-state index in [0.717, 1.165) is 39.4 Å². The molecule has 0 aliphatic carbocycles. The molecular formula is C31H24ClN7O3. The number of oxime groups is 1. The maximum Gasteiger partial charge on any atom is 0.230 e. The third-order valence-corrected chi connectivity index (χ3v) is 7.27. The average molecular weight is 578 g/mol. The fourth-order valence-corrected chi connectivity index (χ4v) is 5.31. The Kier molecular flexibility index (Phi) is 6.52. The van der Waals surface area contributed by atoms with E-state index in [-0.39, 0.29) is 12.5 Å². The molecule has 208 valence electrons. The average Bonchev–Trinajstić information content (AvgIpc) is 3.59. The second-order valence-corrected chi connectivity index (χ2v) is 10.1. The largest absolute Gasteiger partial charge is 0.497 e. The van der Waals surface area contributed by atoms with E-state index < -0.39 is 0 Å². The van der Waals surface area contributed by atoms with Gasteiger partial charge in [0.25, 0.3) is 0 Å². The molecule has 10 nitrogen and oxygen atoms in total. The van der Waals surface area contributed by atoms with Gasteiger partial charge in [0.2, 0.25) is 11.8 Å². The normalized spacial score (nSPS) is 14.0. The maximum atomic E-state index is 6.47. The first kappa shape index (κ1) is 25.7. The van der Waals surface area contributed by atoms with E-state index in [9.17, 15) is 0 Å². The molecule has 11 heteroatoms. The molecule has 0 amide bonds. The van der Waals surface area contributed by atoms with Crippen LogP contribution in [-0.2, 0) is 11.4 Å². The zero-order valence-electron chi connectivity index (χ0n) is 22.7. The molecule has 6 aromatic rings. The first-order valence-corrected chi connectivity index (χ1v) is 13.6. The van der Waals surface area contributed by atoms with Gasteiger partial charge in [-0.2, -0.15) is 5.10 Å². The zero-order valence-corrected chi connectivity index (χ0v) is 23.4. The Morgan fingerprint density at radius 3 is 2.62 bits per heavy atom. The first-order chi connectivity index (χ1) is 20.6. The quantitative estimate of drug-likeness (QED) is 0.166. The molecule has 4 heterocycles. The van der Waals surface area contributed by atoms with Gasteiger partial charge in [0.05, 0.1) is 41.8 Å². The number of methoxy groups -OCH3 is 1. The summed E-state index contributed by atoms with van der Waals surface area (Å²) in [5.41, 5.74) is 5.79. The molecule has 0 bridgehead atoms. The molecule has 3 aromatic heterocycles. The third kappa shape index (κ3) is 4.61. The van der Waals surface area contributed by atoms with Crippen LogP contribution in [0.1, 0.15) is 39.7 Å². The molecular weight excluding hydrogens is 554 g/mol. The smallest absolute Gasteiger partial charge is 0.230 e. The lowest BCUT2D eigenvalue weighted by atomic mass is 9.84. The van der Waals surface area contributed by atoms with E-state index >= 15 is 0 Å². The van der Waals surface area contributed by atoms with Crippen molar-refractivity contribution in [1.29, 1.82) is 0 Å². The maximum absolute atomic E-state index is 6.47. The summed E-state index contributed by atoms with van der Waals surface area (Å²) in [6.45, 7) is 2.05. The highest BCUT2D eigenvalue weighted by Gasteiger charge is 2.38. The van der Waals surface area contributed by atoms with Crippen LogP contribution < -0.4 is 9.47 Å². The van der Waals surface area contributed by atoms with Gasteiger partial charge in [-0.3, -0.25) is 0 Å². The third-order valence-electron chi connectivity index (χ3n) is 7.04. The Morgan fingerprint density at radius 1 is 1.00 bits per heavy atom. The van der Waals surface area contributed by atoms with Crippen molar-refractivity contribution in [3.63, 3.8) is 0 Å². The van der Waals surface area contributed by atoms with Crippen LogP contribution in [0.15, 0.2) is 90.3 Å². The molecule has 7 rings (SSSR count). The Morgan fingerprint density at radius 2 is 1.83 bits per heavy atom. The molecule has 0 radical (unpaired) electrons. The van der Waals surface area contributed by atoms with Crippen LogP contribution in [0.25, 0.3) is 11.3 Å². The summed E-state index contributed by atoms with van der Waals surface area (Å²) in [4.78, 5) is 15.0. The highest BCUT2D eigenvalue weighted by molar-refractivity contribution is 6.30. The minimum absolute atomic E-state index is 0.0881. The molecule has 0 N–H and O–H groups in total. The molecule has 1 aliphatic heterocycles. The number of fused-ring (bicyclic) bond motifs is 4. The topological polar surface area (TPSA) is 101 Å². The lowest BCUT2D eigenvalue weighted by Gasteiger charge is -2.26. The molecule has 0 spiro atoms. The van der Waals surface area contributed by atoms with E-state index in [1.54, 1.807) is 28.8 Å². The van der Waals surface area contributed by atoms with Gasteiger partial charge in [-0.1, -0.05) is 65.3 Å². The van der Waals surface area contributed by atoms with Crippen LogP contribution in [0.5, 0.6) is 17.5 Å². The minimum atomic E-state index is -0.298. The predicted octanol–water partition coefficient (Wildman–Crippen LogP) is 6.12. The lowest BCUT2D eigenvalue weighted by Crippen LogP contribution is -2.16. The Balaban J connectivity index is 1.32. The van der Waals surface area contributed by atoms with Gasteiger partial charge in [-0.15, -0.1) is 5.10 Å². The molecule has 1 aliphatic rings. The van der Waals surface area contributed by atoms with E-state index in [1.165, 1.54) is 0 Å². The van der Waals surface area contributed by atoms with Crippen molar-refractivity contribution >= 4 is 23.5 Å². The van der Waals surface area contributed by atoms with Crippen molar-refractivity contribution < 1.29 is 14.3 Å². The highest BCUT2D eigenvalue weighted by atomic mass is 35.5. The van der Waals surface area contributed by atoms with Crippen molar-refractivity contribution in [1.82, 2.24) is 29.4 Å². The van der Waals surface area contributed by atoms with Gasteiger partial charge in [0.1, 0.15) is 12.1 Å². The molecule has 1 atom stereocenters. The lowest BCUT2D eigenvalue weighted by molar-refractivity contribution is 0.126. The number of hydrogen-bond acceptors (Lipinski definition) is 8. The molecule has 42 heavy (non-hydrogen) atoms.